The Hall–Kier alpha value is -1.85. The van der Waals surface area contributed by atoms with E-state index < -0.39 is 10.0 Å². The number of nitrogens with zero attached hydrogens (tertiary/aromatic N) is 2. The molecule has 32 heavy (non-hydrogen) atoms. The van der Waals surface area contributed by atoms with Gasteiger partial charge >= 0.3 is 0 Å². The van der Waals surface area contributed by atoms with Gasteiger partial charge < -0.3 is 14.5 Å². The maximum absolute atomic E-state index is 13.6. The smallest absolute Gasteiger partial charge is 0.243 e. The zero-order valence-electron chi connectivity index (χ0n) is 18.2. The van der Waals surface area contributed by atoms with Gasteiger partial charge in [0.1, 0.15) is 5.76 Å². The van der Waals surface area contributed by atoms with Gasteiger partial charge in [-0.3, -0.25) is 9.69 Å². The molecule has 1 fully saturated rings. The van der Waals surface area contributed by atoms with Crippen molar-refractivity contribution in [3.63, 3.8) is 0 Å². The van der Waals surface area contributed by atoms with E-state index in [1.54, 1.807) is 48.4 Å². The molecule has 1 N–H and O–H groups in total. The average Bonchev–Trinajstić information content (AvgIpc) is 3.22. The van der Waals surface area contributed by atoms with E-state index in [1.807, 2.05) is 6.92 Å². The highest BCUT2D eigenvalue weighted by molar-refractivity contribution is 8.00. The van der Waals surface area contributed by atoms with Crippen molar-refractivity contribution < 1.29 is 22.4 Å². The van der Waals surface area contributed by atoms with E-state index in [0.29, 0.717) is 44.0 Å². The molecule has 0 bridgehead atoms. The summed E-state index contributed by atoms with van der Waals surface area (Å²) >= 11 is 1.58. The van der Waals surface area contributed by atoms with Crippen LogP contribution in [0.25, 0.3) is 0 Å². The van der Waals surface area contributed by atoms with Crippen LogP contribution in [0.5, 0.6) is 0 Å². The van der Waals surface area contributed by atoms with Gasteiger partial charge in [0.25, 0.3) is 0 Å². The van der Waals surface area contributed by atoms with Gasteiger partial charge in [-0.1, -0.05) is 6.92 Å². The van der Waals surface area contributed by atoms with Crippen LogP contribution in [0.1, 0.15) is 25.5 Å². The topological polar surface area (TPSA) is 92.1 Å². The average molecular weight is 480 g/mol. The second-order valence-electron chi connectivity index (χ2n) is 8.06. The normalized spacial score (nSPS) is 20.1. The number of hydrogen-bond acceptors (Lipinski definition) is 7. The molecule has 3 heterocycles. The number of hydrogen-bond donors (Lipinski definition) is 1. The van der Waals surface area contributed by atoms with Gasteiger partial charge in [-0.05, 0) is 43.3 Å². The Morgan fingerprint density at radius 3 is 2.81 bits per heavy atom. The molecule has 8 nitrogen and oxygen atoms in total. The lowest BCUT2D eigenvalue weighted by molar-refractivity contribution is -0.116. The van der Waals surface area contributed by atoms with Gasteiger partial charge in [0.05, 0.1) is 36.6 Å². The second-order valence-corrected chi connectivity index (χ2v) is 11.5. The Kier molecular flexibility index (Phi) is 7.57. The Balaban J connectivity index is 1.54. The fourth-order valence-corrected chi connectivity index (χ4v) is 6.42. The summed E-state index contributed by atoms with van der Waals surface area (Å²) in [6.07, 6.45) is 2.65. The first-order valence-electron chi connectivity index (χ1n) is 10.8. The molecular formula is C22H29N3O5S2. The summed E-state index contributed by atoms with van der Waals surface area (Å²) in [5.74, 6) is 0.489. The molecule has 0 unspecified atom stereocenters. The quantitative estimate of drug-likeness (QED) is 0.622. The Morgan fingerprint density at radius 1 is 1.25 bits per heavy atom. The van der Waals surface area contributed by atoms with Crippen LogP contribution in [0.2, 0.25) is 0 Å². The first kappa shape index (κ1) is 23.3. The molecular weight excluding hydrogens is 450 g/mol. The molecule has 0 spiro atoms. The maximum atomic E-state index is 13.6. The molecule has 1 atom stereocenters. The van der Waals surface area contributed by atoms with Gasteiger partial charge in [-0.2, -0.15) is 4.31 Å². The van der Waals surface area contributed by atoms with Crippen molar-refractivity contribution in [2.75, 3.05) is 44.7 Å². The number of ether oxygens (including phenoxy) is 1. The molecule has 0 saturated carbocycles. The molecule has 1 saturated heterocycles. The minimum absolute atomic E-state index is 0.101. The SMILES string of the molecule is C[C@H]1CC(=O)Nc2cc(S(=O)(=O)N(CCCN3CCOCC3)Cc3ccco3)ccc2S1. The Morgan fingerprint density at radius 2 is 2.06 bits per heavy atom. The van der Waals surface area contributed by atoms with Crippen LogP contribution in [0.4, 0.5) is 5.69 Å². The van der Waals surface area contributed by atoms with E-state index in [-0.39, 0.29) is 22.6 Å². The highest BCUT2D eigenvalue weighted by Gasteiger charge is 2.28. The predicted octanol–water partition coefficient (Wildman–Crippen LogP) is 3.02. The number of carbonyl (C=O) groups is 1. The van der Waals surface area contributed by atoms with Crippen LogP contribution in [0.15, 0.2) is 50.8 Å². The summed E-state index contributed by atoms with van der Waals surface area (Å²) in [6, 6.07) is 8.52. The highest BCUT2D eigenvalue weighted by atomic mass is 32.2. The standard InChI is InChI=1S/C22H29N3O5S2/c1-17-14-22(26)23-20-15-19(5-6-21(20)31-17)32(27,28)25(16-18-4-2-11-30-18)8-3-7-24-9-12-29-13-10-24/h2,4-6,11,15,17H,3,7-10,12-14,16H2,1H3,(H,23,26)/t17-/m0/s1. The zero-order valence-corrected chi connectivity index (χ0v) is 19.8. The molecule has 2 aliphatic heterocycles. The number of fused-ring (bicyclic) bond motifs is 1. The monoisotopic (exact) mass is 479 g/mol. The van der Waals surface area contributed by atoms with Crippen LogP contribution in [0, 0.1) is 0 Å². The first-order valence-corrected chi connectivity index (χ1v) is 13.2. The molecule has 0 aliphatic carbocycles. The minimum atomic E-state index is -3.79. The lowest BCUT2D eigenvalue weighted by atomic mass is 10.3. The number of furan rings is 1. The molecule has 1 aromatic heterocycles. The van der Waals surface area contributed by atoms with E-state index in [2.05, 4.69) is 10.2 Å². The van der Waals surface area contributed by atoms with E-state index in [0.717, 1.165) is 24.5 Å². The van der Waals surface area contributed by atoms with Gasteiger partial charge in [0.2, 0.25) is 15.9 Å². The maximum Gasteiger partial charge on any atom is 0.243 e. The molecule has 1 amide bonds. The predicted molar refractivity (Wildman–Crippen MR) is 123 cm³/mol. The summed E-state index contributed by atoms with van der Waals surface area (Å²) in [7, 11) is -3.79. The zero-order chi connectivity index (χ0) is 22.6. The second kappa shape index (κ2) is 10.4. The van der Waals surface area contributed by atoms with Gasteiger partial charge in [0, 0.05) is 36.2 Å². The summed E-state index contributed by atoms with van der Waals surface area (Å²) in [4.78, 5) is 15.5. The van der Waals surface area contributed by atoms with Gasteiger partial charge in [0.15, 0.2) is 0 Å². The van der Waals surface area contributed by atoms with Crippen LogP contribution >= 0.6 is 11.8 Å². The Labute approximate surface area is 193 Å². The molecule has 2 aromatic rings. The van der Waals surface area contributed by atoms with E-state index >= 15 is 0 Å². The number of benzene rings is 1. The van der Waals surface area contributed by atoms with E-state index in [9.17, 15) is 13.2 Å². The number of anilines is 1. The summed E-state index contributed by atoms with van der Waals surface area (Å²) < 4.78 is 39.5. The van der Waals surface area contributed by atoms with Crippen molar-refractivity contribution in [3.8, 4) is 0 Å². The third kappa shape index (κ3) is 5.74. The molecule has 0 radical (unpaired) electrons. The van der Waals surface area contributed by atoms with E-state index in [1.165, 1.54) is 4.31 Å². The van der Waals surface area contributed by atoms with Crippen LogP contribution < -0.4 is 5.32 Å². The van der Waals surface area contributed by atoms with E-state index in [4.69, 9.17) is 9.15 Å². The van der Waals surface area contributed by atoms with Gasteiger partial charge in [-0.25, -0.2) is 8.42 Å². The van der Waals surface area contributed by atoms with Crippen molar-refractivity contribution >= 4 is 33.4 Å². The summed E-state index contributed by atoms with van der Waals surface area (Å²) in [5.41, 5.74) is 0.552. The van der Waals surface area contributed by atoms with Crippen LogP contribution in [-0.2, 0) is 26.1 Å². The number of morpholine rings is 1. The number of amides is 1. The third-order valence-corrected chi connectivity index (χ3v) is 8.58. The number of thioether (sulfide) groups is 1. The number of carbonyl (C=O) groups excluding carboxylic acids is 1. The molecule has 1 aromatic carbocycles. The first-order chi connectivity index (χ1) is 15.4. The van der Waals surface area contributed by atoms with Crippen LogP contribution in [0.3, 0.4) is 0 Å². The van der Waals surface area contributed by atoms with Crippen molar-refractivity contribution in [1.29, 1.82) is 0 Å². The fourth-order valence-electron chi connectivity index (χ4n) is 3.90. The van der Waals surface area contributed by atoms with Crippen LogP contribution in [-0.4, -0.2) is 68.2 Å². The number of nitrogens with one attached hydrogen (secondary N) is 1. The fraction of sp³-hybridized carbons (Fsp3) is 0.500. The van der Waals surface area contributed by atoms with Crippen molar-refractivity contribution in [3.05, 3.63) is 42.4 Å². The molecule has 10 heteroatoms. The number of sulfonamides is 1. The lowest BCUT2D eigenvalue weighted by Crippen LogP contribution is -2.39. The lowest BCUT2D eigenvalue weighted by Gasteiger charge is -2.28. The summed E-state index contributed by atoms with van der Waals surface area (Å²) in [5, 5.41) is 2.99. The van der Waals surface area contributed by atoms with Crippen molar-refractivity contribution in [2.24, 2.45) is 0 Å². The van der Waals surface area contributed by atoms with Crippen molar-refractivity contribution in [2.45, 2.75) is 41.4 Å². The molecule has 174 valence electrons. The Bertz CT molecular complexity index is 1020. The minimum Gasteiger partial charge on any atom is -0.468 e. The van der Waals surface area contributed by atoms with Gasteiger partial charge in [-0.15, -0.1) is 11.8 Å². The van der Waals surface area contributed by atoms with Crippen molar-refractivity contribution in [1.82, 2.24) is 9.21 Å². The summed E-state index contributed by atoms with van der Waals surface area (Å²) in [6.45, 7) is 6.49. The molecule has 2 aliphatic rings. The largest absolute Gasteiger partial charge is 0.468 e. The molecule has 4 rings (SSSR count). The number of rotatable bonds is 8. The third-order valence-electron chi connectivity index (χ3n) is 5.56. The highest BCUT2D eigenvalue weighted by Crippen LogP contribution is 2.36.